The number of aromatic nitrogens is 1. The van der Waals surface area contributed by atoms with Crippen LogP contribution in [0, 0.1) is 5.92 Å². The highest BCUT2D eigenvalue weighted by Crippen LogP contribution is 2.20. The van der Waals surface area contributed by atoms with E-state index in [9.17, 15) is 0 Å². The van der Waals surface area contributed by atoms with Crippen LogP contribution in [0.15, 0.2) is 36.4 Å². The fourth-order valence-electron chi connectivity index (χ4n) is 3.05. The first-order valence-electron chi connectivity index (χ1n) is 8.02. The monoisotopic (exact) mass is 284 g/mol. The molecule has 2 unspecified atom stereocenters. The van der Waals surface area contributed by atoms with Gasteiger partial charge in [-0.15, -0.1) is 0 Å². The van der Waals surface area contributed by atoms with Crippen molar-refractivity contribution in [3.05, 3.63) is 42.1 Å². The molecule has 1 aliphatic heterocycles. The Morgan fingerprint density at radius 3 is 3.00 bits per heavy atom. The molecule has 2 aromatic rings. The van der Waals surface area contributed by atoms with Gasteiger partial charge in [-0.3, -0.25) is 4.98 Å². The summed E-state index contributed by atoms with van der Waals surface area (Å²) in [5, 5.41) is 4.90. The molecule has 0 radical (unpaired) electrons. The number of fused-ring (bicyclic) bond motifs is 1. The van der Waals surface area contributed by atoms with E-state index >= 15 is 0 Å². The van der Waals surface area contributed by atoms with Gasteiger partial charge in [-0.2, -0.15) is 0 Å². The molecule has 3 heteroatoms. The average molecular weight is 284 g/mol. The van der Waals surface area contributed by atoms with Crippen LogP contribution in [0.4, 0.5) is 0 Å². The lowest BCUT2D eigenvalue weighted by Gasteiger charge is -2.23. The summed E-state index contributed by atoms with van der Waals surface area (Å²) in [6, 6.07) is 13.1. The Labute approximate surface area is 126 Å². The van der Waals surface area contributed by atoms with Crippen LogP contribution in [0.3, 0.4) is 0 Å². The Morgan fingerprint density at radius 2 is 2.19 bits per heavy atom. The molecule has 0 spiro atoms. The van der Waals surface area contributed by atoms with Gasteiger partial charge in [0.2, 0.25) is 0 Å². The lowest BCUT2D eigenvalue weighted by Crippen LogP contribution is -2.39. The summed E-state index contributed by atoms with van der Waals surface area (Å²) < 4.78 is 5.57. The third kappa shape index (κ3) is 3.60. The average Bonchev–Trinajstić information content (AvgIpc) is 3.05. The third-order valence-corrected chi connectivity index (χ3v) is 4.28. The number of hydrogen-bond acceptors (Lipinski definition) is 3. The van der Waals surface area contributed by atoms with Gasteiger partial charge in [0.05, 0.1) is 12.1 Å². The Kier molecular flexibility index (Phi) is 4.84. The van der Waals surface area contributed by atoms with Crippen LogP contribution < -0.4 is 5.32 Å². The zero-order valence-corrected chi connectivity index (χ0v) is 12.7. The predicted octanol–water partition coefficient (Wildman–Crippen LogP) is 3.18. The predicted molar refractivity (Wildman–Crippen MR) is 86.5 cm³/mol. The van der Waals surface area contributed by atoms with Gasteiger partial charge in [-0.05, 0) is 31.5 Å². The Morgan fingerprint density at radius 1 is 1.29 bits per heavy atom. The molecule has 1 aliphatic rings. The molecule has 0 aliphatic carbocycles. The summed E-state index contributed by atoms with van der Waals surface area (Å²) in [5.41, 5.74) is 2.26. The van der Waals surface area contributed by atoms with Crippen molar-refractivity contribution in [2.75, 3.05) is 19.8 Å². The third-order valence-electron chi connectivity index (χ3n) is 4.28. The summed E-state index contributed by atoms with van der Waals surface area (Å²) in [4.78, 5) is 4.81. The van der Waals surface area contributed by atoms with Gasteiger partial charge in [-0.1, -0.05) is 31.2 Å². The first kappa shape index (κ1) is 14.5. The van der Waals surface area contributed by atoms with Crippen LogP contribution in [-0.4, -0.2) is 30.8 Å². The second kappa shape index (κ2) is 7.01. The van der Waals surface area contributed by atoms with E-state index in [0.717, 1.165) is 44.5 Å². The highest BCUT2D eigenvalue weighted by molar-refractivity contribution is 5.78. The maximum atomic E-state index is 5.57. The minimum absolute atomic E-state index is 0.473. The first-order chi connectivity index (χ1) is 10.4. The molecule has 0 amide bonds. The van der Waals surface area contributed by atoms with Crippen LogP contribution in [-0.2, 0) is 11.2 Å². The van der Waals surface area contributed by atoms with Gasteiger partial charge >= 0.3 is 0 Å². The van der Waals surface area contributed by atoms with Crippen molar-refractivity contribution in [3.63, 3.8) is 0 Å². The van der Waals surface area contributed by atoms with E-state index in [2.05, 4.69) is 48.6 Å². The number of benzene rings is 1. The standard InChI is InChI=1S/C18H24N2O/c1-2-10-19-18(15-9-11-21-13-15)12-16-8-7-14-5-3-4-6-17(14)20-16/h3-8,15,18-19H,2,9-13H2,1H3. The molecular weight excluding hydrogens is 260 g/mol. The van der Waals surface area contributed by atoms with Gasteiger partial charge < -0.3 is 10.1 Å². The molecule has 3 rings (SSSR count). The number of pyridine rings is 1. The van der Waals surface area contributed by atoms with Gasteiger partial charge in [0, 0.05) is 36.1 Å². The maximum absolute atomic E-state index is 5.57. The normalized spacial score (nSPS) is 20.0. The first-order valence-corrected chi connectivity index (χ1v) is 8.02. The number of nitrogens with one attached hydrogen (secondary N) is 1. The van der Waals surface area contributed by atoms with E-state index in [1.807, 2.05) is 0 Å². The number of para-hydroxylation sites is 1. The maximum Gasteiger partial charge on any atom is 0.0705 e. The molecule has 1 aromatic heterocycles. The van der Waals surface area contributed by atoms with Crippen molar-refractivity contribution in [2.24, 2.45) is 5.92 Å². The molecular formula is C18H24N2O. The fraction of sp³-hybridized carbons (Fsp3) is 0.500. The van der Waals surface area contributed by atoms with E-state index < -0.39 is 0 Å². The zero-order valence-electron chi connectivity index (χ0n) is 12.7. The topological polar surface area (TPSA) is 34.2 Å². The number of ether oxygens (including phenoxy) is 1. The summed E-state index contributed by atoms with van der Waals surface area (Å²) >= 11 is 0. The van der Waals surface area contributed by atoms with E-state index in [-0.39, 0.29) is 0 Å². The van der Waals surface area contributed by atoms with Crippen molar-refractivity contribution in [1.82, 2.24) is 10.3 Å². The molecule has 0 bridgehead atoms. The van der Waals surface area contributed by atoms with Crippen molar-refractivity contribution in [3.8, 4) is 0 Å². The smallest absolute Gasteiger partial charge is 0.0705 e. The van der Waals surface area contributed by atoms with Crippen molar-refractivity contribution >= 4 is 10.9 Å². The van der Waals surface area contributed by atoms with Crippen LogP contribution >= 0.6 is 0 Å². The van der Waals surface area contributed by atoms with Crippen LogP contribution in [0.25, 0.3) is 10.9 Å². The van der Waals surface area contributed by atoms with Gasteiger partial charge in [-0.25, -0.2) is 0 Å². The molecule has 1 saturated heterocycles. The number of nitrogens with zero attached hydrogens (tertiary/aromatic N) is 1. The molecule has 112 valence electrons. The van der Waals surface area contributed by atoms with Gasteiger partial charge in [0.15, 0.2) is 0 Å². The Balaban J connectivity index is 1.75. The fourth-order valence-corrected chi connectivity index (χ4v) is 3.05. The number of rotatable bonds is 6. The van der Waals surface area contributed by atoms with Crippen LogP contribution in [0.5, 0.6) is 0 Å². The molecule has 3 nitrogen and oxygen atoms in total. The minimum Gasteiger partial charge on any atom is -0.381 e. The molecule has 1 N–H and O–H groups in total. The van der Waals surface area contributed by atoms with Gasteiger partial charge in [0.1, 0.15) is 0 Å². The Bertz CT molecular complexity index is 578. The van der Waals surface area contributed by atoms with Crippen LogP contribution in [0.1, 0.15) is 25.5 Å². The largest absolute Gasteiger partial charge is 0.381 e. The lowest BCUT2D eigenvalue weighted by molar-refractivity contribution is 0.176. The molecule has 2 heterocycles. The van der Waals surface area contributed by atoms with E-state index in [1.54, 1.807) is 0 Å². The van der Waals surface area contributed by atoms with Crippen molar-refractivity contribution < 1.29 is 4.74 Å². The molecule has 1 fully saturated rings. The summed E-state index contributed by atoms with van der Waals surface area (Å²) in [5.74, 6) is 0.616. The van der Waals surface area contributed by atoms with E-state index in [4.69, 9.17) is 9.72 Å². The van der Waals surface area contributed by atoms with Crippen molar-refractivity contribution in [1.29, 1.82) is 0 Å². The second-order valence-electron chi connectivity index (χ2n) is 5.88. The molecule has 21 heavy (non-hydrogen) atoms. The highest BCUT2D eigenvalue weighted by atomic mass is 16.5. The SMILES string of the molecule is CCCNC(Cc1ccc2ccccc2n1)C1CCOC1. The quantitative estimate of drug-likeness (QED) is 0.884. The van der Waals surface area contributed by atoms with Crippen LogP contribution in [0.2, 0.25) is 0 Å². The molecule has 2 atom stereocenters. The summed E-state index contributed by atoms with van der Waals surface area (Å²) in [7, 11) is 0. The number of hydrogen-bond donors (Lipinski definition) is 1. The van der Waals surface area contributed by atoms with E-state index in [0.29, 0.717) is 12.0 Å². The van der Waals surface area contributed by atoms with Crippen molar-refractivity contribution in [2.45, 2.75) is 32.2 Å². The zero-order chi connectivity index (χ0) is 14.5. The summed E-state index contributed by atoms with van der Waals surface area (Å²) in [6.07, 6.45) is 3.31. The van der Waals surface area contributed by atoms with E-state index in [1.165, 1.54) is 11.1 Å². The second-order valence-corrected chi connectivity index (χ2v) is 5.88. The summed E-state index contributed by atoms with van der Waals surface area (Å²) in [6.45, 7) is 5.06. The molecule has 0 saturated carbocycles. The minimum atomic E-state index is 0.473. The highest BCUT2D eigenvalue weighted by Gasteiger charge is 2.25. The lowest BCUT2D eigenvalue weighted by atomic mass is 9.94. The van der Waals surface area contributed by atoms with Gasteiger partial charge in [0.25, 0.3) is 0 Å². The molecule has 1 aromatic carbocycles. The Hall–Kier alpha value is -1.45.